The van der Waals surface area contributed by atoms with Crippen LogP contribution in [0.4, 0.5) is 13.2 Å². The van der Waals surface area contributed by atoms with E-state index in [1.807, 2.05) is 6.07 Å². The van der Waals surface area contributed by atoms with Crippen molar-refractivity contribution in [3.05, 3.63) is 69.1 Å². The fraction of sp³-hybridized carbons (Fsp3) is 0.368. The normalized spacial score (nSPS) is 16.1. The zero-order chi connectivity index (χ0) is 18.0. The lowest BCUT2D eigenvalue weighted by molar-refractivity contribution is -0.137. The molecule has 0 unspecified atom stereocenters. The summed E-state index contributed by atoms with van der Waals surface area (Å²) in [6, 6.07) is 8.59. The first kappa shape index (κ1) is 17.5. The van der Waals surface area contributed by atoms with Gasteiger partial charge in [0.05, 0.1) is 5.56 Å². The van der Waals surface area contributed by atoms with Gasteiger partial charge in [0.25, 0.3) is 0 Å². The zero-order valence-electron chi connectivity index (χ0n) is 13.9. The van der Waals surface area contributed by atoms with Crippen LogP contribution in [-0.2, 0) is 26.1 Å². The van der Waals surface area contributed by atoms with E-state index in [4.69, 9.17) is 0 Å². The molecule has 0 bridgehead atoms. The van der Waals surface area contributed by atoms with Gasteiger partial charge in [-0.05, 0) is 49.4 Å². The molecule has 1 aliphatic carbocycles. The smallest absolute Gasteiger partial charge is 0.315 e. The lowest BCUT2D eigenvalue weighted by Gasteiger charge is -2.20. The highest BCUT2D eigenvalue weighted by Gasteiger charge is 2.29. The van der Waals surface area contributed by atoms with Crippen molar-refractivity contribution in [2.75, 3.05) is 6.54 Å². The van der Waals surface area contributed by atoms with Crippen LogP contribution in [0.1, 0.15) is 35.2 Å². The molecule has 3 nitrogen and oxygen atoms in total. The maximum absolute atomic E-state index is 12.6. The average molecular weight is 348 g/mol. The van der Waals surface area contributed by atoms with Crippen LogP contribution in [0.2, 0.25) is 0 Å². The molecule has 0 saturated carbocycles. The third kappa shape index (κ3) is 3.83. The molecule has 1 aliphatic rings. The number of fused-ring (bicyclic) bond motifs is 1. The summed E-state index contributed by atoms with van der Waals surface area (Å²) in [7, 11) is 1.77. The van der Waals surface area contributed by atoms with Crippen LogP contribution in [0.15, 0.2) is 46.2 Å². The summed E-state index contributed by atoms with van der Waals surface area (Å²) in [5.74, 6) is 0. The van der Waals surface area contributed by atoms with E-state index in [2.05, 4.69) is 4.99 Å². The molecule has 0 spiro atoms. The van der Waals surface area contributed by atoms with Crippen molar-refractivity contribution >= 4 is 5.71 Å². The number of pyridine rings is 1. The van der Waals surface area contributed by atoms with E-state index in [0.29, 0.717) is 13.0 Å². The molecule has 0 amide bonds. The Morgan fingerprint density at radius 3 is 2.48 bits per heavy atom. The van der Waals surface area contributed by atoms with Crippen LogP contribution in [0.25, 0.3) is 0 Å². The number of benzene rings is 1. The predicted octanol–water partition coefficient (Wildman–Crippen LogP) is 3.77. The van der Waals surface area contributed by atoms with Gasteiger partial charge in [-0.3, -0.25) is 9.79 Å². The van der Waals surface area contributed by atoms with Gasteiger partial charge in [0, 0.05) is 36.6 Å². The van der Waals surface area contributed by atoms with Gasteiger partial charge in [-0.25, -0.2) is 0 Å². The van der Waals surface area contributed by atoms with Gasteiger partial charge in [0.15, 0.2) is 0 Å². The third-order valence-electron chi connectivity index (χ3n) is 4.56. The Kier molecular flexibility index (Phi) is 4.79. The second-order valence-electron chi connectivity index (χ2n) is 6.22. The molecule has 1 aromatic carbocycles. The zero-order valence-corrected chi connectivity index (χ0v) is 13.9. The second kappa shape index (κ2) is 6.86. The number of hydrogen-bond donors (Lipinski definition) is 0. The quantitative estimate of drug-likeness (QED) is 0.831. The number of aliphatic imine (C=N–C) groups is 1. The van der Waals surface area contributed by atoms with Gasteiger partial charge in [0.2, 0.25) is 5.56 Å². The molecule has 2 aromatic rings. The van der Waals surface area contributed by atoms with Crippen molar-refractivity contribution in [3.63, 3.8) is 0 Å². The highest BCUT2D eigenvalue weighted by Crippen LogP contribution is 2.29. The molecule has 0 aliphatic heterocycles. The van der Waals surface area contributed by atoms with Crippen LogP contribution in [0, 0.1) is 0 Å². The summed E-state index contributed by atoms with van der Waals surface area (Å²) in [6.07, 6.45) is -1.05. The molecule has 1 heterocycles. The van der Waals surface area contributed by atoms with Gasteiger partial charge in [-0.15, -0.1) is 0 Å². The largest absolute Gasteiger partial charge is 0.416 e. The highest BCUT2D eigenvalue weighted by atomic mass is 19.4. The monoisotopic (exact) mass is 348 g/mol. The maximum Gasteiger partial charge on any atom is 0.416 e. The van der Waals surface area contributed by atoms with Crippen LogP contribution < -0.4 is 5.56 Å². The minimum absolute atomic E-state index is 0.0234. The Morgan fingerprint density at radius 2 is 1.80 bits per heavy atom. The lowest BCUT2D eigenvalue weighted by atomic mass is 9.93. The summed E-state index contributed by atoms with van der Waals surface area (Å²) in [5.41, 5.74) is 3.17. The van der Waals surface area contributed by atoms with Crippen molar-refractivity contribution in [3.8, 4) is 0 Å². The second-order valence-corrected chi connectivity index (χ2v) is 6.22. The summed E-state index contributed by atoms with van der Waals surface area (Å²) >= 11 is 0. The SMILES string of the molecule is Cn1c2c(ccc1=O)C(=NCCc1ccc(C(F)(F)F)cc1)CCC2. The first-order valence-corrected chi connectivity index (χ1v) is 8.25. The number of nitrogens with zero attached hydrogens (tertiary/aromatic N) is 2. The summed E-state index contributed by atoms with van der Waals surface area (Å²) < 4.78 is 39.4. The molecule has 0 fully saturated rings. The van der Waals surface area contributed by atoms with Crippen LogP contribution >= 0.6 is 0 Å². The van der Waals surface area contributed by atoms with Crippen LogP contribution in [0.5, 0.6) is 0 Å². The van der Waals surface area contributed by atoms with E-state index in [0.717, 1.165) is 53.9 Å². The van der Waals surface area contributed by atoms with Crippen molar-refractivity contribution in [1.82, 2.24) is 4.57 Å². The molecule has 132 valence electrons. The molecular weight excluding hydrogens is 329 g/mol. The van der Waals surface area contributed by atoms with E-state index < -0.39 is 11.7 Å². The topological polar surface area (TPSA) is 34.4 Å². The van der Waals surface area contributed by atoms with Crippen LogP contribution in [0.3, 0.4) is 0 Å². The maximum atomic E-state index is 12.6. The number of alkyl halides is 3. The fourth-order valence-electron chi connectivity index (χ4n) is 3.14. The fourth-order valence-corrected chi connectivity index (χ4v) is 3.14. The van der Waals surface area contributed by atoms with Crippen molar-refractivity contribution < 1.29 is 13.2 Å². The van der Waals surface area contributed by atoms with Crippen LogP contribution in [-0.4, -0.2) is 16.8 Å². The molecule has 1 aromatic heterocycles. The van der Waals surface area contributed by atoms with Gasteiger partial charge < -0.3 is 4.57 Å². The Bertz CT molecular complexity index is 848. The summed E-state index contributed by atoms with van der Waals surface area (Å²) in [4.78, 5) is 16.4. The molecule has 0 radical (unpaired) electrons. The lowest BCUT2D eigenvalue weighted by Crippen LogP contribution is -2.25. The van der Waals surface area contributed by atoms with Gasteiger partial charge in [-0.1, -0.05) is 12.1 Å². The number of hydrogen-bond acceptors (Lipinski definition) is 2. The minimum Gasteiger partial charge on any atom is -0.315 e. The molecule has 0 saturated heterocycles. The van der Waals surface area contributed by atoms with Gasteiger partial charge in [0.1, 0.15) is 0 Å². The first-order chi connectivity index (χ1) is 11.9. The Morgan fingerprint density at radius 1 is 1.08 bits per heavy atom. The number of halogens is 3. The molecule has 0 N–H and O–H groups in total. The van der Waals surface area contributed by atoms with E-state index >= 15 is 0 Å². The third-order valence-corrected chi connectivity index (χ3v) is 4.56. The summed E-state index contributed by atoms with van der Waals surface area (Å²) in [6.45, 7) is 0.517. The minimum atomic E-state index is -4.31. The van der Waals surface area contributed by atoms with Gasteiger partial charge >= 0.3 is 6.18 Å². The van der Waals surface area contributed by atoms with E-state index in [1.54, 1.807) is 17.7 Å². The molecule has 0 atom stereocenters. The van der Waals surface area contributed by atoms with E-state index in [9.17, 15) is 18.0 Å². The molecule has 6 heteroatoms. The van der Waals surface area contributed by atoms with E-state index in [-0.39, 0.29) is 5.56 Å². The van der Waals surface area contributed by atoms with Gasteiger partial charge in [-0.2, -0.15) is 13.2 Å². The van der Waals surface area contributed by atoms with Crippen molar-refractivity contribution in [2.24, 2.45) is 12.0 Å². The van der Waals surface area contributed by atoms with E-state index in [1.165, 1.54) is 12.1 Å². The highest BCUT2D eigenvalue weighted by molar-refractivity contribution is 6.02. The van der Waals surface area contributed by atoms with Crippen molar-refractivity contribution in [2.45, 2.75) is 31.9 Å². The Hall–Kier alpha value is -2.37. The standard InChI is InChI=1S/C19H19F3N2O/c1-24-17-4-2-3-16(15(17)9-10-18(24)25)23-12-11-13-5-7-14(8-6-13)19(20,21)22/h5-10H,2-4,11-12H2,1H3. The number of rotatable bonds is 3. The Balaban J connectivity index is 1.72. The summed E-state index contributed by atoms with van der Waals surface area (Å²) in [5, 5.41) is 0. The molecule has 25 heavy (non-hydrogen) atoms. The number of aromatic nitrogens is 1. The Labute approximate surface area is 143 Å². The average Bonchev–Trinajstić information content (AvgIpc) is 2.58. The van der Waals surface area contributed by atoms with Crippen molar-refractivity contribution in [1.29, 1.82) is 0 Å². The molecular formula is C19H19F3N2O. The molecule has 3 rings (SSSR count). The predicted molar refractivity (Wildman–Crippen MR) is 91.2 cm³/mol. The first-order valence-electron chi connectivity index (χ1n) is 8.25.